The van der Waals surface area contributed by atoms with Gasteiger partial charge in [-0.3, -0.25) is 19.4 Å². The molecule has 0 unspecified atom stereocenters. The van der Waals surface area contributed by atoms with E-state index in [1.54, 1.807) is 13.0 Å². The maximum atomic E-state index is 12.8. The number of benzene rings is 8. The number of anilines is 1. The summed E-state index contributed by atoms with van der Waals surface area (Å²) in [7, 11) is 3.87. The van der Waals surface area contributed by atoms with Crippen LogP contribution in [-0.2, 0) is 46.6 Å². The molecule has 459 valence electrons. The molecule has 8 aromatic rings. The number of para-hydroxylation sites is 2. The van der Waals surface area contributed by atoms with Gasteiger partial charge in [0.2, 0.25) is 17.5 Å². The minimum atomic E-state index is -1.65. The van der Waals surface area contributed by atoms with Crippen LogP contribution in [0.5, 0.6) is 0 Å². The molecule has 11 nitrogen and oxygen atoms in total. The van der Waals surface area contributed by atoms with Crippen LogP contribution in [0.3, 0.4) is 0 Å². The Bertz CT molecular complexity index is 4110. The zero-order valence-electron chi connectivity index (χ0n) is 53.9. The van der Waals surface area contributed by atoms with Crippen LogP contribution in [0.1, 0.15) is 100 Å². The Morgan fingerprint density at radius 3 is 1.89 bits per heavy atom. The monoisotopic (exact) mass is 1200 g/mol. The van der Waals surface area contributed by atoms with Crippen LogP contribution in [-0.4, -0.2) is 102 Å². The second-order valence-electron chi connectivity index (χ2n) is 25.6. The smallest absolute Gasteiger partial charge is 0.450 e. The fraction of sp³-hybridized carbons (Fsp3) is 0.286. The third-order valence-electron chi connectivity index (χ3n) is 18.4. The van der Waals surface area contributed by atoms with E-state index in [0.717, 1.165) is 71.5 Å². The zero-order valence-corrected chi connectivity index (χ0v) is 53.9. The minimum absolute atomic E-state index is 0.0243. The lowest BCUT2D eigenvalue weighted by Crippen LogP contribution is -2.36. The van der Waals surface area contributed by atoms with Gasteiger partial charge in [0, 0.05) is 105 Å². The molecule has 2 aliphatic heterocycles. The lowest BCUT2D eigenvalue weighted by molar-refractivity contribution is -0.401. The number of rotatable bonds is 25. The maximum absolute atomic E-state index is 12.8. The first-order chi connectivity index (χ1) is 43.3. The lowest BCUT2D eigenvalue weighted by Gasteiger charge is -2.28. The molecule has 0 atom stereocenters. The first kappa shape index (κ1) is 64.6. The Hall–Kier alpha value is -8.42. The second-order valence-corrected chi connectivity index (χ2v) is 25.6. The van der Waals surface area contributed by atoms with Gasteiger partial charge in [-0.1, -0.05) is 186 Å². The van der Waals surface area contributed by atoms with E-state index in [1.807, 2.05) is 50.2 Å². The highest BCUT2D eigenvalue weighted by molar-refractivity contribution is 6.59. The highest BCUT2D eigenvalue weighted by Gasteiger charge is 2.43. The van der Waals surface area contributed by atoms with Crippen molar-refractivity contribution in [3.05, 3.63) is 245 Å². The summed E-state index contributed by atoms with van der Waals surface area (Å²) in [5.74, 6) is -0.282. The summed E-state index contributed by atoms with van der Waals surface area (Å²) in [6.45, 7) is 22.9. The van der Waals surface area contributed by atoms with Gasteiger partial charge < -0.3 is 30.6 Å². The van der Waals surface area contributed by atoms with Crippen LogP contribution in [0, 0.1) is 5.92 Å². The van der Waals surface area contributed by atoms with E-state index in [4.69, 9.17) is 0 Å². The van der Waals surface area contributed by atoms with Gasteiger partial charge in [0.1, 0.15) is 7.05 Å². The summed E-state index contributed by atoms with van der Waals surface area (Å²) in [4.78, 5) is 32.6. The van der Waals surface area contributed by atoms with Crippen LogP contribution in [0.2, 0.25) is 0 Å². The van der Waals surface area contributed by atoms with Crippen molar-refractivity contribution in [2.45, 2.75) is 98.3 Å². The van der Waals surface area contributed by atoms with Gasteiger partial charge in [-0.05, 0) is 140 Å². The number of allylic oxidation sites excluding steroid dienone is 6. The third-order valence-corrected chi connectivity index (χ3v) is 18.4. The van der Waals surface area contributed by atoms with Crippen molar-refractivity contribution < 1.29 is 29.2 Å². The fourth-order valence-corrected chi connectivity index (χ4v) is 13.4. The summed E-state index contributed by atoms with van der Waals surface area (Å²) >= 11 is 0. The minimum Gasteiger partial charge on any atom is -0.450 e. The highest BCUT2D eigenvalue weighted by atomic mass is 16.4. The lowest BCUT2D eigenvalue weighted by atomic mass is 9.77. The second kappa shape index (κ2) is 28.2. The van der Waals surface area contributed by atoms with Crippen molar-refractivity contribution in [2.75, 3.05) is 45.2 Å². The molecule has 0 spiro atoms. The molecule has 0 saturated heterocycles. The van der Waals surface area contributed by atoms with Gasteiger partial charge in [-0.15, -0.1) is 0 Å². The first-order valence-electron chi connectivity index (χ1n) is 31.6. The summed E-state index contributed by atoms with van der Waals surface area (Å²) < 4.78 is 2.32. The predicted octanol–water partition coefficient (Wildman–Crippen LogP) is 11.8. The summed E-state index contributed by atoms with van der Waals surface area (Å²) in [5, 5.41) is 42.2. The number of amides is 2. The molecule has 0 bridgehead atoms. The molecule has 2 heterocycles. The number of hydrogen-bond donors (Lipinski definition) is 5. The molecule has 90 heavy (non-hydrogen) atoms. The van der Waals surface area contributed by atoms with Gasteiger partial charge in [-0.25, -0.2) is 0 Å². The predicted molar refractivity (Wildman–Crippen MR) is 374 cm³/mol. The quantitative estimate of drug-likeness (QED) is 0.00955. The standard InChI is InChI=1S/C77H85B2N6O5/c1-52(2)74(86)80-43-21-45-84(48-58-23-11-17-29-68(58)78-88)51-65-61-26-14-13-25-60(61)64(50-85(46-22-44-81-75(87)53(3)4)49-59-24-12-18-30-69(59)79(89)90)62-40-37-57(47-63(62)65)56-35-33-54(34-36-56)55(38-41-72-76(5,6)66-27-15-19-31-70(66)82(72)9)39-42-73-77(7,8)67-28-16-20-32-71(67)83(73)10/h11-20,23-42,47,52,88-90H,3,21-22,43-46,48-51H2,1-2,4-10H3,(H-,80,81,86,87)/p+1. The Balaban J connectivity index is 1.10. The van der Waals surface area contributed by atoms with Crippen LogP contribution in [0.25, 0.3) is 38.2 Å². The number of carbonyl (C=O) groups excluding carboxylic acids is 2. The van der Waals surface area contributed by atoms with Crippen LogP contribution >= 0.6 is 0 Å². The van der Waals surface area contributed by atoms with Crippen LogP contribution < -0.4 is 26.5 Å². The van der Waals surface area contributed by atoms with Crippen molar-refractivity contribution in [3.8, 4) is 11.1 Å². The number of hydrogen-bond acceptors (Lipinski definition) is 8. The molecule has 0 aliphatic carbocycles. The van der Waals surface area contributed by atoms with Crippen molar-refractivity contribution >= 4 is 81.5 Å². The summed E-state index contributed by atoms with van der Waals surface area (Å²) in [5.41, 5.74) is 17.1. The molecule has 10 rings (SSSR count). The molecule has 2 aliphatic rings. The summed E-state index contributed by atoms with van der Waals surface area (Å²) in [6.07, 6.45) is 10.5. The van der Waals surface area contributed by atoms with E-state index in [-0.39, 0.29) is 28.6 Å². The van der Waals surface area contributed by atoms with E-state index in [1.165, 1.54) is 41.4 Å². The Kier molecular flexibility index (Phi) is 20.2. The van der Waals surface area contributed by atoms with Gasteiger partial charge in [-0.2, -0.15) is 4.58 Å². The number of carbonyl (C=O) groups is 2. The number of nitrogens with zero attached hydrogens (tertiary/aromatic N) is 4. The highest BCUT2D eigenvalue weighted by Crippen LogP contribution is 2.47. The summed E-state index contributed by atoms with van der Waals surface area (Å²) in [6, 6.07) is 57.2. The normalized spacial score (nSPS) is 14.8. The molecule has 13 heteroatoms. The van der Waals surface area contributed by atoms with E-state index >= 15 is 0 Å². The molecule has 2 amide bonds. The van der Waals surface area contributed by atoms with E-state index < -0.39 is 7.12 Å². The van der Waals surface area contributed by atoms with Crippen molar-refractivity contribution in [3.63, 3.8) is 0 Å². The maximum Gasteiger partial charge on any atom is 0.488 e. The van der Waals surface area contributed by atoms with E-state index in [9.17, 15) is 24.7 Å². The van der Waals surface area contributed by atoms with Gasteiger partial charge >= 0.3 is 14.6 Å². The van der Waals surface area contributed by atoms with Gasteiger partial charge in [0.15, 0.2) is 5.71 Å². The molecule has 1 radical (unpaired) electrons. The molecule has 0 aromatic heterocycles. The Morgan fingerprint density at radius 2 is 1.24 bits per heavy atom. The molecule has 5 N–H and O–H groups in total. The molecule has 8 aromatic carbocycles. The van der Waals surface area contributed by atoms with Crippen molar-refractivity contribution in [1.82, 2.24) is 20.4 Å². The van der Waals surface area contributed by atoms with Crippen molar-refractivity contribution in [1.29, 1.82) is 0 Å². The Morgan fingerprint density at radius 1 is 0.678 bits per heavy atom. The van der Waals surface area contributed by atoms with Gasteiger partial charge in [0.05, 0.1) is 5.41 Å². The largest absolute Gasteiger partial charge is 0.488 e. The van der Waals surface area contributed by atoms with E-state index in [0.29, 0.717) is 76.2 Å². The Labute approximate surface area is 533 Å². The molecular weight excluding hydrogens is 1110 g/mol. The molecule has 0 saturated carbocycles. The van der Waals surface area contributed by atoms with E-state index in [2.05, 4.69) is 224 Å². The average molecular weight is 1200 g/mol. The third kappa shape index (κ3) is 14.0. The molecule has 0 fully saturated rings. The first-order valence-corrected chi connectivity index (χ1v) is 31.6. The fourth-order valence-electron chi connectivity index (χ4n) is 13.4. The number of fused-ring (bicyclic) bond motifs is 4. The van der Waals surface area contributed by atoms with Crippen molar-refractivity contribution in [2.24, 2.45) is 5.92 Å². The topological polar surface area (TPSA) is 132 Å². The number of nitrogens with one attached hydrogen (secondary N) is 2. The van der Waals surface area contributed by atoms with Crippen LogP contribution in [0.4, 0.5) is 11.4 Å². The zero-order chi connectivity index (χ0) is 63.9. The average Bonchev–Trinajstić information content (AvgIpc) is 1.11. The SMILES string of the molecule is C=C(C)C(=O)NCCCN(Cc1ccccc1B(O)O)Cc1c2ccccc2c(CN(CCCNC(=O)C(C)C)Cc2ccccc2[B]O)c2cc(-c3ccc(C(=C\C=C4/N(C)c5ccccc5C4(C)C)/C=C/C4=[N+](C)c5ccccc5C4(C)C)cc3)ccc12. The number of likely N-dealkylation sites (N-methyl/N-ethyl adjacent to an activating group) is 1. The molecular formula is C77H86B2N6O5+. The van der Waals surface area contributed by atoms with Gasteiger partial charge in [0.25, 0.3) is 0 Å². The van der Waals surface area contributed by atoms with Crippen LogP contribution in [0.15, 0.2) is 206 Å².